The van der Waals surface area contributed by atoms with Crippen LogP contribution in [0.25, 0.3) is 0 Å². The first-order chi connectivity index (χ1) is 16.1. The van der Waals surface area contributed by atoms with Gasteiger partial charge in [0.2, 0.25) is 5.89 Å². The molecular weight excluding hydrogens is 438 g/mol. The number of aromatic carboxylic acids is 1. The lowest BCUT2D eigenvalue weighted by Crippen LogP contribution is -2.40. The number of carboxylic acids is 1. The number of esters is 1. The van der Waals surface area contributed by atoms with E-state index in [9.17, 15) is 14.7 Å². The first-order valence-electron chi connectivity index (χ1n) is 10.2. The Hall–Kier alpha value is -3.84. The van der Waals surface area contributed by atoms with Crippen molar-refractivity contribution < 1.29 is 23.8 Å². The van der Waals surface area contributed by atoms with Crippen molar-refractivity contribution in [3.8, 4) is 0 Å². The number of nitrogens with zero attached hydrogens (tertiary/aromatic N) is 1. The van der Waals surface area contributed by atoms with Crippen molar-refractivity contribution in [1.82, 2.24) is 4.98 Å². The van der Waals surface area contributed by atoms with E-state index in [4.69, 9.17) is 9.15 Å². The molecule has 166 valence electrons. The van der Waals surface area contributed by atoms with Gasteiger partial charge in [-0.25, -0.2) is 9.78 Å². The number of carbonyl (C=O) groups is 2. The number of hydrogen-bond donors (Lipinski definition) is 1. The molecule has 0 saturated heterocycles. The summed E-state index contributed by atoms with van der Waals surface area (Å²) in [5, 5.41) is 9.78. The van der Waals surface area contributed by atoms with Gasteiger partial charge in [-0.2, -0.15) is 0 Å². The van der Waals surface area contributed by atoms with Crippen LogP contribution in [-0.2, 0) is 20.7 Å². The Morgan fingerprint density at radius 2 is 1.70 bits per heavy atom. The third-order valence-corrected chi connectivity index (χ3v) is 6.42. The third-order valence-electron chi connectivity index (χ3n) is 5.36. The van der Waals surface area contributed by atoms with E-state index in [1.165, 1.54) is 37.4 Å². The van der Waals surface area contributed by atoms with Crippen LogP contribution >= 0.6 is 11.8 Å². The Bertz CT molecular complexity index is 1240. The average molecular weight is 460 g/mol. The molecule has 0 radical (unpaired) electrons. The zero-order valence-corrected chi connectivity index (χ0v) is 18.6. The van der Waals surface area contributed by atoms with E-state index in [1.54, 1.807) is 24.3 Å². The highest BCUT2D eigenvalue weighted by atomic mass is 32.2. The van der Waals surface area contributed by atoms with Gasteiger partial charge >= 0.3 is 11.9 Å². The molecule has 1 atom stereocenters. The van der Waals surface area contributed by atoms with Gasteiger partial charge in [-0.15, -0.1) is 11.8 Å². The summed E-state index contributed by atoms with van der Waals surface area (Å²) < 4.78 is 10.9. The van der Waals surface area contributed by atoms with Crippen LogP contribution in [0.5, 0.6) is 0 Å². The molecule has 6 nitrogen and oxygen atoms in total. The van der Waals surface area contributed by atoms with Crippen molar-refractivity contribution in [3.63, 3.8) is 0 Å². The zero-order valence-electron chi connectivity index (χ0n) is 17.8. The second kappa shape index (κ2) is 9.75. The van der Waals surface area contributed by atoms with Gasteiger partial charge in [0.15, 0.2) is 5.41 Å². The molecule has 33 heavy (non-hydrogen) atoms. The Morgan fingerprint density at radius 3 is 2.30 bits per heavy atom. The summed E-state index contributed by atoms with van der Waals surface area (Å²) >= 11 is 1.51. The van der Waals surface area contributed by atoms with Crippen molar-refractivity contribution in [2.45, 2.75) is 16.1 Å². The maximum absolute atomic E-state index is 13.4. The topological polar surface area (TPSA) is 89.6 Å². The van der Waals surface area contributed by atoms with Gasteiger partial charge in [-0.05, 0) is 34.9 Å². The minimum Gasteiger partial charge on any atom is -0.478 e. The standard InChI is InChI=1S/C26H21NO5S/c1-31-25(30)26(24-27-14-15-32-24,19-8-4-2-5-9-19)20-12-13-22(23(28)29)18(16-20)17-33-21-10-6-3-7-11-21/h2-16H,17H2,1H3,(H,28,29). The number of ether oxygens (including phenoxy) is 1. The minimum absolute atomic E-state index is 0.144. The number of carboxylic acid groups (broad SMARTS) is 1. The monoisotopic (exact) mass is 459 g/mol. The maximum atomic E-state index is 13.4. The molecule has 7 heteroatoms. The zero-order chi connectivity index (χ0) is 23.3. The molecule has 0 amide bonds. The molecule has 4 rings (SSSR count). The van der Waals surface area contributed by atoms with E-state index in [-0.39, 0.29) is 11.5 Å². The molecule has 1 unspecified atom stereocenters. The highest BCUT2D eigenvalue weighted by Gasteiger charge is 2.49. The fourth-order valence-electron chi connectivity index (χ4n) is 3.82. The fourth-order valence-corrected chi connectivity index (χ4v) is 4.73. The predicted octanol–water partition coefficient (Wildman–Crippen LogP) is 5.17. The molecule has 0 aliphatic heterocycles. The molecule has 0 spiro atoms. The van der Waals surface area contributed by atoms with E-state index in [1.807, 2.05) is 48.5 Å². The molecule has 0 saturated carbocycles. The largest absolute Gasteiger partial charge is 0.478 e. The first kappa shape index (κ1) is 22.4. The number of thioether (sulfide) groups is 1. The summed E-state index contributed by atoms with van der Waals surface area (Å²) in [6, 6.07) is 23.6. The summed E-state index contributed by atoms with van der Waals surface area (Å²) in [4.78, 5) is 30.7. The minimum atomic E-state index is -1.50. The molecule has 1 heterocycles. The average Bonchev–Trinajstić information content (AvgIpc) is 3.39. The van der Waals surface area contributed by atoms with Crippen molar-refractivity contribution >= 4 is 23.7 Å². The van der Waals surface area contributed by atoms with Gasteiger partial charge in [-0.1, -0.05) is 60.7 Å². The highest BCUT2D eigenvalue weighted by molar-refractivity contribution is 7.98. The smallest absolute Gasteiger partial charge is 0.335 e. The summed E-state index contributed by atoms with van der Waals surface area (Å²) in [6.07, 6.45) is 2.86. The Kier molecular flexibility index (Phi) is 6.60. The van der Waals surface area contributed by atoms with E-state index in [0.717, 1.165) is 4.90 Å². The second-order valence-corrected chi connectivity index (χ2v) is 8.27. The molecule has 1 N–H and O–H groups in total. The second-order valence-electron chi connectivity index (χ2n) is 7.22. The fraction of sp³-hybridized carbons (Fsp3) is 0.115. The molecule has 0 fully saturated rings. The summed E-state index contributed by atoms with van der Waals surface area (Å²) in [6.45, 7) is 0. The van der Waals surface area contributed by atoms with Crippen LogP contribution in [-0.4, -0.2) is 29.1 Å². The first-order valence-corrected chi connectivity index (χ1v) is 11.1. The van der Waals surface area contributed by atoms with Crippen LogP contribution < -0.4 is 0 Å². The Morgan fingerprint density at radius 1 is 1.00 bits per heavy atom. The quantitative estimate of drug-likeness (QED) is 0.287. The molecule has 0 aliphatic carbocycles. The van der Waals surface area contributed by atoms with Crippen LogP contribution in [0.4, 0.5) is 0 Å². The SMILES string of the molecule is COC(=O)C(c1ccccc1)(c1ccc(C(=O)O)c(CSc2ccccc2)c1)c1ncco1. The van der Waals surface area contributed by atoms with E-state index < -0.39 is 17.4 Å². The number of rotatable bonds is 8. The van der Waals surface area contributed by atoms with Gasteiger partial charge in [0.05, 0.1) is 18.9 Å². The van der Waals surface area contributed by atoms with Gasteiger partial charge < -0.3 is 14.3 Å². The van der Waals surface area contributed by atoms with Gasteiger partial charge in [0.25, 0.3) is 0 Å². The lowest BCUT2D eigenvalue weighted by molar-refractivity contribution is -0.145. The summed E-state index contributed by atoms with van der Waals surface area (Å²) in [7, 11) is 1.31. The lowest BCUT2D eigenvalue weighted by Gasteiger charge is -2.29. The molecule has 3 aromatic carbocycles. The van der Waals surface area contributed by atoms with Crippen LogP contribution in [0.1, 0.15) is 32.9 Å². The van der Waals surface area contributed by atoms with Gasteiger partial charge in [0, 0.05) is 10.6 Å². The van der Waals surface area contributed by atoms with Crippen LogP contribution in [0, 0.1) is 0 Å². The van der Waals surface area contributed by atoms with Crippen molar-refractivity contribution in [2.75, 3.05) is 7.11 Å². The Balaban J connectivity index is 1.90. The normalized spacial score (nSPS) is 12.6. The lowest BCUT2D eigenvalue weighted by atomic mass is 9.73. The molecular formula is C26H21NO5S. The van der Waals surface area contributed by atoms with Gasteiger partial charge in [-0.3, -0.25) is 4.79 Å². The summed E-state index contributed by atoms with van der Waals surface area (Å²) in [5.74, 6) is -1.08. The Labute approximate surface area is 195 Å². The predicted molar refractivity (Wildman–Crippen MR) is 124 cm³/mol. The number of carbonyl (C=O) groups excluding carboxylic acids is 1. The number of methoxy groups -OCH3 is 1. The van der Waals surface area contributed by atoms with Crippen molar-refractivity contribution in [1.29, 1.82) is 0 Å². The highest BCUT2D eigenvalue weighted by Crippen LogP contribution is 2.41. The van der Waals surface area contributed by atoms with Crippen LogP contribution in [0.2, 0.25) is 0 Å². The molecule has 4 aromatic rings. The molecule has 1 aromatic heterocycles. The number of benzene rings is 3. The molecule has 0 bridgehead atoms. The number of hydrogen-bond acceptors (Lipinski definition) is 6. The van der Waals surface area contributed by atoms with Crippen LogP contribution in [0.15, 0.2) is 101 Å². The van der Waals surface area contributed by atoms with E-state index in [0.29, 0.717) is 22.4 Å². The van der Waals surface area contributed by atoms with Crippen molar-refractivity contribution in [2.24, 2.45) is 0 Å². The molecule has 0 aliphatic rings. The number of oxazole rings is 1. The summed E-state index contributed by atoms with van der Waals surface area (Å²) in [5.41, 5.74) is 0.356. The van der Waals surface area contributed by atoms with E-state index in [2.05, 4.69) is 4.98 Å². The third kappa shape index (κ3) is 4.27. The van der Waals surface area contributed by atoms with Crippen LogP contribution in [0.3, 0.4) is 0 Å². The van der Waals surface area contributed by atoms with Crippen molar-refractivity contribution in [3.05, 3.63) is 119 Å². The van der Waals surface area contributed by atoms with E-state index >= 15 is 0 Å². The van der Waals surface area contributed by atoms with Gasteiger partial charge in [0.1, 0.15) is 6.26 Å². The maximum Gasteiger partial charge on any atom is 0.335 e. The number of aromatic nitrogens is 1.